The molecule has 0 bridgehead atoms. The molecule has 1 unspecified atom stereocenters. The minimum absolute atomic E-state index is 0.315. The molecule has 2 aromatic carbocycles. The molecule has 1 atom stereocenters. The van der Waals surface area contributed by atoms with Gasteiger partial charge in [-0.05, 0) is 56.7 Å². The summed E-state index contributed by atoms with van der Waals surface area (Å²) in [5, 5.41) is 12.5. The fourth-order valence-electron chi connectivity index (χ4n) is 2.14. The molecule has 0 saturated carbocycles. The van der Waals surface area contributed by atoms with Crippen LogP contribution in [0.5, 0.6) is 5.75 Å². The monoisotopic (exact) mass is 361 g/mol. The molecule has 0 radical (unpaired) electrons. The molecule has 0 aliphatic heterocycles. The second kappa shape index (κ2) is 7.57. The van der Waals surface area contributed by atoms with Gasteiger partial charge in [0.1, 0.15) is 5.75 Å². The molecule has 6 heteroatoms. The number of hydrogen-bond donors (Lipinski definition) is 2. The lowest BCUT2D eigenvalue weighted by Gasteiger charge is -2.20. The minimum atomic E-state index is -0.995. The van der Waals surface area contributed by atoms with Crippen molar-refractivity contribution in [3.05, 3.63) is 59.1 Å². The van der Waals surface area contributed by atoms with Gasteiger partial charge in [-0.1, -0.05) is 29.8 Å². The Kier molecular flexibility index (Phi) is 5.69. The Bertz CT molecular complexity index is 771. The largest absolute Gasteiger partial charge is 0.481 e. The fourth-order valence-corrected chi connectivity index (χ4v) is 2.32. The van der Waals surface area contributed by atoms with Crippen LogP contribution < -0.4 is 10.1 Å². The van der Waals surface area contributed by atoms with E-state index in [9.17, 15) is 14.7 Å². The molecule has 1 amide bonds. The van der Waals surface area contributed by atoms with Crippen molar-refractivity contribution in [1.29, 1.82) is 0 Å². The number of nitrogens with one attached hydrogen (secondary N) is 1. The lowest BCUT2D eigenvalue weighted by atomic mass is 9.85. The number of carbonyl (C=O) groups is 2. The summed E-state index contributed by atoms with van der Waals surface area (Å²) in [5.41, 5.74) is 0.226. The van der Waals surface area contributed by atoms with Crippen LogP contribution in [0.2, 0.25) is 5.02 Å². The number of carboxylic acid groups (broad SMARTS) is 1. The molecule has 25 heavy (non-hydrogen) atoms. The molecular formula is C19H20ClNO4. The van der Waals surface area contributed by atoms with E-state index in [0.717, 1.165) is 0 Å². The highest BCUT2D eigenvalue weighted by Crippen LogP contribution is 2.25. The fraction of sp³-hybridized carbons (Fsp3) is 0.263. The van der Waals surface area contributed by atoms with Crippen molar-refractivity contribution in [2.24, 2.45) is 0 Å². The number of benzene rings is 2. The summed E-state index contributed by atoms with van der Waals surface area (Å²) in [7, 11) is 0. The highest BCUT2D eigenvalue weighted by Gasteiger charge is 2.29. The van der Waals surface area contributed by atoms with Crippen LogP contribution in [-0.4, -0.2) is 23.1 Å². The molecule has 132 valence electrons. The van der Waals surface area contributed by atoms with Crippen LogP contribution in [0, 0.1) is 0 Å². The van der Waals surface area contributed by atoms with Crippen LogP contribution in [0.4, 0.5) is 5.69 Å². The van der Waals surface area contributed by atoms with E-state index in [1.54, 1.807) is 69.3 Å². The normalized spacial score (nSPS) is 12.3. The number of halogens is 1. The van der Waals surface area contributed by atoms with Gasteiger partial charge in [0.2, 0.25) is 0 Å². The van der Waals surface area contributed by atoms with Gasteiger partial charge in [-0.25, -0.2) is 0 Å². The van der Waals surface area contributed by atoms with E-state index < -0.39 is 17.5 Å². The Morgan fingerprint density at radius 1 is 1.16 bits per heavy atom. The Labute approximate surface area is 151 Å². The number of amides is 1. The van der Waals surface area contributed by atoms with E-state index in [-0.39, 0.29) is 5.91 Å². The van der Waals surface area contributed by atoms with Gasteiger partial charge in [0.25, 0.3) is 5.91 Å². The van der Waals surface area contributed by atoms with E-state index in [1.165, 1.54) is 0 Å². The van der Waals surface area contributed by atoms with Crippen LogP contribution in [-0.2, 0) is 15.0 Å². The van der Waals surface area contributed by atoms with Gasteiger partial charge in [-0.15, -0.1) is 0 Å². The summed E-state index contributed by atoms with van der Waals surface area (Å²) in [5.74, 6) is -0.716. The Morgan fingerprint density at radius 2 is 1.80 bits per heavy atom. The average Bonchev–Trinajstić information content (AvgIpc) is 2.55. The van der Waals surface area contributed by atoms with Crippen LogP contribution in [0.25, 0.3) is 0 Å². The predicted molar refractivity (Wildman–Crippen MR) is 97.3 cm³/mol. The van der Waals surface area contributed by atoms with Gasteiger partial charge >= 0.3 is 5.97 Å². The lowest BCUT2D eigenvalue weighted by Crippen LogP contribution is -2.30. The van der Waals surface area contributed by atoms with Gasteiger partial charge in [-0.3, -0.25) is 9.59 Å². The average molecular weight is 362 g/mol. The number of carboxylic acids is 1. The van der Waals surface area contributed by atoms with Gasteiger partial charge in [0.05, 0.1) is 5.41 Å². The first-order valence-electron chi connectivity index (χ1n) is 7.77. The van der Waals surface area contributed by atoms with Crippen molar-refractivity contribution in [1.82, 2.24) is 0 Å². The van der Waals surface area contributed by atoms with Crippen LogP contribution in [0.3, 0.4) is 0 Å². The molecule has 0 aliphatic rings. The highest BCUT2D eigenvalue weighted by molar-refractivity contribution is 6.30. The molecule has 0 heterocycles. The molecular weight excluding hydrogens is 342 g/mol. The highest BCUT2D eigenvalue weighted by atomic mass is 35.5. The minimum Gasteiger partial charge on any atom is -0.481 e. The second-order valence-corrected chi connectivity index (χ2v) is 6.65. The van der Waals surface area contributed by atoms with Gasteiger partial charge in [-0.2, -0.15) is 0 Å². The second-order valence-electron chi connectivity index (χ2n) is 6.21. The first kappa shape index (κ1) is 18.8. The maximum atomic E-state index is 12.2. The quantitative estimate of drug-likeness (QED) is 0.811. The summed E-state index contributed by atoms with van der Waals surface area (Å²) in [6.45, 7) is 4.89. The summed E-state index contributed by atoms with van der Waals surface area (Å²) in [6, 6.07) is 13.5. The molecule has 0 aromatic heterocycles. The van der Waals surface area contributed by atoms with Crippen molar-refractivity contribution in [2.45, 2.75) is 32.3 Å². The Hall–Kier alpha value is -2.53. The van der Waals surface area contributed by atoms with Crippen molar-refractivity contribution in [2.75, 3.05) is 5.32 Å². The third kappa shape index (κ3) is 4.73. The summed E-state index contributed by atoms with van der Waals surface area (Å²) >= 11 is 5.89. The van der Waals surface area contributed by atoms with Gasteiger partial charge < -0.3 is 15.2 Å². The first-order valence-corrected chi connectivity index (χ1v) is 8.15. The summed E-state index contributed by atoms with van der Waals surface area (Å²) < 4.78 is 5.56. The Balaban J connectivity index is 2.01. The molecule has 5 nitrogen and oxygen atoms in total. The van der Waals surface area contributed by atoms with Crippen LogP contribution in [0.1, 0.15) is 26.3 Å². The number of hydrogen-bond acceptors (Lipinski definition) is 3. The van der Waals surface area contributed by atoms with E-state index in [2.05, 4.69) is 5.32 Å². The summed E-state index contributed by atoms with van der Waals surface area (Å²) in [6.07, 6.45) is -0.714. The van der Waals surface area contributed by atoms with E-state index in [0.29, 0.717) is 22.0 Å². The predicted octanol–water partition coefficient (Wildman–Crippen LogP) is 4.11. The van der Waals surface area contributed by atoms with E-state index in [4.69, 9.17) is 16.3 Å². The third-order valence-corrected chi connectivity index (χ3v) is 4.12. The van der Waals surface area contributed by atoms with Gasteiger partial charge in [0.15, 0.2) is 6.10 Å². The first-order chi connectivity index (χ1) is 11.7. The van der Waals surface area contributed by atoms with E-state index >= 15 is 0 Å². The molecule has 2 rings (SSSR count). The van der Waals surface area contributed by atoms with Crippen molar-refractivity contribution < 1.29 is 19.4 Å². The zero-order chi connectivity index (χ0) is 18.6. The zero-order valence-electron chi connectivity index (χ0n) is 14.2. The maximum Gasteiger partial charge on any atom is 0.313 e. The molecule has 0 aliphatic carbocycles. The standard InChI is InChI=1S/C19H20ClNO4/c1-12(25-16-6-4-5-14(20)11-16)17(22)21-15-9-7-13(8-10-15)19(2,3)18(23)24/h4-12H,1-3H3,(H,21,22)(H,23,24). The van der Waals surface area contributed by atoms with Crippen molar-refractivity contribution >= 4 is 29.2 Å². The molecule has 2 aromatic rings. The smallest absolute Gasteiger partial charge is 0.313 e. The van der Waals surface area contributed by atoms with Crippen LogP contribution >= 0.6 is 11.6 Å². The number of ether oxygens (including phenoxy) is 1. The number of aliphatic carboxylic acids is 1. The molecule has 0 saturated heterocycles. The lowest BCUT2D eigenvalue weighted by molar-refractivity contribution is -0.142. The van der Waals surface area contributed by atoms with Crippen molar-refractivity contribution in [3.63, 3.8) is 0 Å². The SMILES string of the molecule is CC(Oc1cccc(Cl)c1)C(=O)Nc1ccc(C(C)(C)C(=O)O)cc1. The maximum absolute atomic E-state index is 12.2. The summed E-state index contributed by atoms with van der Waals surface area (Å²) in [4.78, 5) is 23.5. The van der Waals surface area contributed by atoms with Gasteiger partial charge in [0, 0.05) is 10.7 Å². The topological polar surface area (TPSA) is 75.6 Å². The third-order valence-electron chi connectivity index (χ3n) is 3.89. The number of anilines is 1. The number of carbonyl (C=O) groups excluding carboxylic acids is 1. The Morgan fingerprint density at radius 3 is 2.36 bits per heavy atom. The number of rotatable bonds is 6. The molecule has 2 N–H and O–H groups in total. The zero-order valence-corrected chi connectivity index (χ0v) is 15.0. The molecule has 0 fully saturated rings. The molecule has 0 spiro atoms. The van der Waals surface area contributed by atoms with E-state index in [1.807, 2.05) is 0 Å². The van der Waals surface area contributed by atoms with Crippen LogP contribution in [0.15, 0.2) is 48.5 Å². The van der Waals surface area contributed by atoms with Crippen molar-refractivity contribution in [3.8, 4) is 5.75 Å².